The molecule has 1 aromatic rings. The van der Waals surface area contributed by atoms with Crippen molar-refractivity contribution in [2.24, 2.45) is 5.92 Å². The van der Waals surface area contributed by atoms with Crippen LogP contribution in [0.2, 0.25) is 0 Å². The molecule has 0 aliphatic carbocycles. The molecule has 0 aromatic heterocycles. The molecule has 0 unspecified atom stereocenters. The van der Waals surface area contributed by atoms with Crippen molar-refractivity contribution in [2.75, 3.05) is 13.1 Å². The van der Waals surface area contributed by atoms with E-state index in [1.165, 1.54) is 12.1 Å². The lowest BCUT2D eigenvalue weighted by atomic mass is 9.90. The number of rotatable bonds is 2. The molecule has 1 aliphatic heterocycles. The zero-order valence-electron chi connectivity index (χ0n) is 9.04. The summed E-state index contributed by atoms with van der Waals surface area (Å²) in [5.41, 5.74) is 0.243. The minimum absolute atomic E-state index is 0.0613. The first-order chi connectivity index (χ1) is 7.68. The first-order valence-corrected chi connectivity index (χ1v) is 5.58. The zero-order chi connectivity index (χ0) is 11.5. The average Bonchev–Trinajstić information content (AvgIpc) is 2.31. The summed E-state index contributed by atoms with van der Waals surface area (Å²) >= 11 is 0. The van der Waals surface area contributed by atoms with Crippen LogP contribution >= 0.6 is 0 Å². The Kier molecular flexibility index (Phi) is 3.29. The maximum Gasteiger partial charge on any atom is 0.171 e. The number of nitrogens with one attached hydrogen (secondary N) is 1. The molecule has 3 N–H and O–H groups in total. The molecule has 4 heteroatoms. The first kappa shape index (κ1) is 11.2. The number of hydrogen-bond acceptors (Lipinski definition) is 3. The molecular weight excluding hydrogens is 209 g/mol. The molecule has 16 heavy (non-hydrogen) atoms. The Hall–Kier alpha value is -1.29. The minimum atomic E-state index is -0.682. The van der Waals surface area contributed by atoms with Gasteiger partial charge in [-0.25, -0.2) is 4.39 Å². The van der Waals surface area contributed by atoms with E-state index in [0.717, 1.165) is 25.9 Å². The summed E-state index contributed by atoms with van der Waals surface area (Å²) in [6, 6.07) is 2.52. The number of hydrogen-bond donors (Lipinski definition) is 3. The third-order valence-electron chi connectivity index (χ3n) is 3.15. The second-order valence-electron chi connectivity index (χ2n) is 4.29. The van der Waals surface area contributed by atoms with E-state index in [-0.39, 0.29) is 17.1 Å². The molecule has 1 heterocycles. The Bertz CT molecular complexity index is 376. The van der Waals surface area contributed by atoms with E-state index in [9.17, 15) is 14.6 Å². The van der Waals surface area contributed by atoms with Crippen molar-refractivity contribution in [3.8, 4) is 11.5 Å². The topological polar surface area (TPSA) is 52.5 Å². The van der Waals surface area contributed by atoms with Gasteiger partial charge in [-0.05, 0) is 50.4 Å². The maximum absolute atomic E-state index is 13.6. The second-order valence-corrected chi connectivity index (χ2v) is 4.29. The third-order valence-corrected chi connectivity index (χ3v) is 3.15. The number of phenolic OH excluding ortho intramolecular Hbond substituents is 2. The van der Waals surface area contributed by atoms with Gasteiger partial charge in [0.05, 0.1) is 0 Å². The number of aromatic hydroxyl groups is 2. The Morgan fingerprint density at radius 3 is 2.50 bits per heavy atom. The van der Waals surface area contributed by atoms with E-state index >= 15 is 0 Å². The quantitative estimate of drug-likeness (QED) is 0.672. The fourth-order valence-corrected chi connectivity index (χ4v) is 2.17. The summed E-state index contributed by atoms with van der Waals surface area (Å²) in [4.78, 5) is 0. The predicted molar refractivity (Wildman–Crippen MR) is 59.0 cm³/mol. The largest absolute Gasteiger partial charge is 0.508 e. The van der Waals surface area contributed by atoms with Gasteiger partial charge in [-0.15, -0.1) is 0 Å². The molecule has 0 saturated carbocycles. The zero-order valence-corrected chi connectivity index (χ0v) is 9.04. The van der Waals surface area contributed by atoms with Crippen molar-refractivity contribution in [3.05, 3.63) is 23.5 Å². The van der Waals surface area contributed by atoms with Gasteiger partial charge >= 0.3 is 0 Å². The lowest BCUT2D eigenvalue weighted by Crippen LogP contribution is -2.28. The molecule has 0 radical (unpaired) electrons. The lowest BCUT2D eigenvalue weighted by Gasteiger charge is -2.23. The molecule has 1 aromatic carbocycles. The van der Waals surface area contributed by atoms with Crippen LogP contribution in [0.4, 0.5) is 4.39 Å². The van der Waals surface area contributed by atoms with E-state index in [1.807, 2.05) is 0 Å². The van der Waals surface area contributed by atoms with Crippen molar-refractivity contribution in [1.82, 2.24) is 5.32 Å². The van der Waals surface area contributed by atoms with Gasteiger partial charge in [0.25, 0.3) is 0 Å². The molecule has 1 saturated heterocycles. The molecule has 0 atom stereocenters. The first-order valence-electron chi connectivity index (χ1n) is 5.58. The van der Waals surface area contributed by atoms with Crippen molar-refractivity contribution in [3.63, 3.8) is 0 Å². The van der Waals surface area contributed by atoms with Gasteiger partial charge in [0.2, 0.25) is 0 Å². The number of benzene rings is 1. The molecule has 1 fully saturated rings. The Balaban J connectivity index is 2.16. The molecule has 2 rings (SSSR count). The molecule has 3 nitrogen and oxygen atoms in total. The van der Waals surface area contributed by atoms with Crippen LogP contribution in [0.5, 0.6) is 11.5 Å². The number of phenols is 2. The van der Waals surface area contributed by atoms with Gasteiger partial charge in [0, 0.05) is 5.56 Å². The summed E-state index contributed by atoms with van der Waals surface area (Å²) in [6.07, 6.45) is 2.46. The van der Waals surface area contributed by atoms with Crippen LogP contribution in [0.1, 0.15) is 18.4 Å². The summed E-state index contributed by atoms with van der Waals surface area (Å²) in [5.74, 6) is -0.752. The molecule has 0 bridgehead atoms. The normalized spacial score (nSPS) is 17.6. The second kappa shape index (κ2) is 4.70. The van der Waals surface area contributed by atoms with Gasteiger partial charge in [-0.2, -0.15) is 0 Å². The van der Waals surface area contributed by atoms with Crippen molar-refractivity contribution in [1.29, 1.82) is 0 Å². The van der Waals surface area contributed by atoms with E-state index in [2.05, 4.69) is 5.32 Å². The standard InChI is InChI=1S/C12H16FNO2/c13-12-9(10(15)1-2-11(12)16)7-8-3-5-14-6-4-8/h1-2,8,14-16H,3-7H2. The van der Waals surface area contributed by atoms with Crippen LogP contribution < -0.4 is 5.32 Å². The SMILES string of the molecule is Oc1ccc(O)c(CC2CCNCC2)c1F. The van der Waals surface area contributed by atoms with E-state index in [0.29, 0.717) is 12.3 Å². The van der Waals surface area contributed by atoms with Crippen LogP contribution in [0.3, 0.4) is 0 Å². The number of piperidine rings is 1. The summed E-state index contributed by atoms with van der Waals surface area (Å²) in [6.45, 7) is 1.87. The highest BCUT2D eigenvalue weighted by molar-refractivity contribution is 5.40. The monoisotopic (exact) mass is 225 g/mol. The summed E-state index contributed by atoms with van der Waals surface area (Å²) in [5, 5.41) is 22.1. The Morgan fingerprint density at radius 2 is 1.81 bits per heavy atom. The highest BCUT2D eigenvalue weighted by Gasteiger charge is 2.19. The van der Waals surface area contributed by atoms with Crippen LogP contribution in [0.15, 0.2) is 12.1 Å². The van der Waals surface area contributed by atoms with Gasteiger partial charge in [-0.1, -0.05) is 0 Å². The van der Waals surface area contributed by atoms with Gasteiger partial charge in [0.1, 0.15) is 5.75 Å². The molecule has 0 amide bonds. The van der Waals surface area contributed by atoms with Crippen molar-refractivity contribution in [2.45, 2.75) is 19.3 Å². The summed E-state index contributed by atoms with van der Waals surface area (Å²) < 4.78 is 13.6. The molecule has 1 aliphatic rings. The minimum Gasteiger partial charge on any atom is -0.508 e. The van der Waals surface area contributed by atoms with E-state index in [1.54, 1.807) is 0 Å². The van der Waals surface area contributed by atoms with Crippen molar-refractivity contribution >= 4 is 0 Å². The van der Waals surface area contributed by atoms with Crippen LogP contribution in [0, 0.1) is 11.7 Å². The van der Waals surface area contributed by atoms with Crippen molar-refractivity contribution < 1.29 is 14.6 Å². The molecule has 0 spiro atoms. The average molecular weight is 225 g/mol. The highest BCUT2D eigenvalue weighted by atomic mass is 19.1. The maximum atomic E-state index is 13.6. The van der Waals surface area contributed by atoms with Gasteiger partial charge < -0.3 is 15.5 Å². The van der Waals surface area contributed by atoms with Crippen LogP contribution in [-0.4, -0.2) is 23.3 Å². The van der Waals surface area contributed by atoms with E-state index in [4.69, 9.17) is 0 Å². The Morgan fingerprint density at radius 1 is 1.19 bits per heavy atom. The molecular formula is C12H16FNO2. The Labute approximate surface area is 93.9 Å². The summed E-state index contributed by atoms with van der Waals surface area (Å²) in [7, 11) is 0. The fourth-order valence-electron chi connectivity index (χ4n) is 2.17. The smallest absolute Gasteiger partial charge is 0.171 e. The van der Waals surface area contributed by atoms with Gasteiger partial charge in [-0.3, -0.25) is 0 Å². The lowest BCUT2D eigenvalue weighted by molar-refractivity contribution is 0.355. The van der Waals surface area contributed by atoms with Crippen LogP contribution in [0.25, 0.3) is 0 Å². The fraction of sp³-hybridized carbons (Fsp3) is 0.500. The van der Waals surface area contributed by atoms with Crippen LogP contribution in [-0.2, 0) is 6.42 Å². The number of halogens is 1. The third kappa shape index (κ3) is 2.27. The van der Waals surface area contributed by atoms with Gasteiger partial charge in [0.15, 0.2) is 11.6 Å². The van der Waals surface area contributed by atoms with E-state index < -0.39 is 5.82 Å². The predicted octanol–water partition coefficient (Wildman–Crippen LogP) is 1.78. The molecule has 88 valence electrons. The highest BCUT2D eigenvalue weighted by Crippen LogP contribution is 2.31.